The highest BCUT2D eigenvalue weighted by molar-refractivity contribution is 6.48. The van der Waals surface area contributed by atoms with Gasteiger partial charge in [0.2, 0.25) is 5.91 Å². The summed E-state index contributed by atoms with van der Waals surface area (Å²) in [4.78, 5) is 53.4. The minimum Gasteiger partial charge on any atom is -0.496 e. The lowest BCUT2D eigenvalue weighted by Crippen LogP contribution is -2.65. The van der Waals surface area contributed by atoms with Crippen LogP contribution in [0.1, 0.15) is 125 Å². The van der Waals surface area contributed by atoms with Crippen LogP contribution in [0.3, 0.4) is 0 Å². The summed E-state index contributed by atoms with van der Waals surface area (Å²) in [6, 6.07) is 4.06. The third-order valence-corrected chi connectivity index (χ3v) is 11.3. The van der Waals surface area contributed by atoms with Crippen LogP contribution in [0.15, 0.2) is 18.2 Å². The van der Waals surface area contributed by atoms with E-state index in [-0.39, 0.29) is 42.3 Å². The van der Waals surface area contributed by atoms with Crippen molar-refractivity contribution in [3.05, 3.63) is 29.3 Å². The molecule has 0 spiro atoms. The molecule has 0 aromatic heterocycles. The van der Waals surface area contributed by atoms with Crippen molar-refractivity contribution in [1.29, 1.82) is 0 Å². The highest BCUT2D eigenvalue weighted by Crippen LogP contribution is 2.65. The van der Waals surface area contributed by atoms with E-state index in [0.29, 0.717) is 23.1 Å². The zero-order chi connectivity index (χ0) is 40.2. The molecule has 7 atom stereocenters. The normalized spacial score (nSPS) is 28.2. The highest BCUT2D eigenvalue weighted by atomic mass is 16.7. The predicted octanol–water partition coefficient (Wildman–Crippen LogP) is 6.14. The number of esters is 1. The monoisotopic (exact) mass is 755 g/mol. The van der Waals surface area contributed by atoms with Gasteiger partial charge in [0.1, 0.15) is 28.1 Å². The summed E-state index contributed by atoms with van der Waals surface area (Å²) in [5.41, 5.74) is -1.68. The van der Waals surface area contributed by atoms with Gasteiger partial charge in [0.25, 0.3) is 0 Å². The number of amides is 3. The van der Waals surface area contributed by atoms with Gasteiger partial charge in [-0.2, -0.15) is 0 Å². The minimum absolute atomic E-state index is 0.114. The Bertz CT molecular complexity index is 1560. The molecule has 300 valence electrons. The highest BCUT2D eigenvalue weighted by Gasteiger charge is 2.68. The Hall–Kier alpha value is -3.52. The first-order valence-corrected chi connectivity index (χ1v) is 19.3. The van der Waals surface area contributed by atoms with Crippen molar-refractivity contribution >= 4 is 31.2 Å². The lowest BCUT2D eigenvalue weighted by molar-refractivity contribution is -0.199. The summed E-state index contributed by atoms with van der Waals surface area (Å²) in [6.07, 6.45) is 1.20. The molecule has 1 aliphatic heterocycles. The molecular formula is C40H62BN3O10. The largest absolute Gasteiger partial charge is 0.496 e. The van der Waals surface area contributed by atoms with Crippen LogP contribution in [-0.2, 0) is 34.7 Å². The van der Waals surface area contributed by atoms with Crippen LogP contribution in [0.5, 0.6) is 5.75 Å². The lowest BCUT2D eigenvalue weighted by atomic mass is 9.43. The van der Waals surface area contributed by atoms with Gasteiger partial charge >= 0.3 is 25.3 Å². The summed E-state index contributed by atoms with van der Waals surface area (Å²) in [6.45, 7) is 22.7. The quantitative estimate of drug-likeness (QED) is 0.152. The lowest BCUT2D eigenvalue weighted by Gasteiger charge is -2.64. The topological polar surface area (TPSA) is 160 Å². The van der Waals surface area contributed by atoms with Gasteiger partial charge < -0.3 is 44.2 Å². The second kappa shape index (κ2) is 14.9. The van der Waals surface area contributed by atoms with Crippen LogP contribution in [0, 0.1) is 23.2 Å². The molecule has 6 rings (SSSR count). The molecule has 1 aromatic rings. The van der Waals surface area contributed by atoms with Crippen molar-refractivity contribution in [2.45, 2.75) is 162 Å². The number of rotatable bonds is 9. The van der Waals surface area contributed by atoms with E-state index < -0.39 is 71.6 Å². The Balaban J connectivity index is 1.42. The number of hydrogen-bond donors (Lipinski definition) is 3. The molecule has 1 saturated heterocycles. The number of benzene rings is 1. The number of carbonyl (C=O) groups excluding carboxylic acids is 4. The van der Waals surface area contributed by atoms with E-state index in [1.165, 1.54) is 7.11 Å². The van der Waals surface area contributed by atoms with Gasteiger partial charge in [-0.15, -0.1) is 0 Å². The molecule has 54 heavy (non-hydrogen) atoms. The fourth-order valence-electron chi connectivity index (χ4n) is 8.79. The van der Waals surface area contributed by atoms with Crippen molar-refractivity contribution in [1.82, 2.24) is 16.0 Å². The SMILES string of the molecule is COc1c(C[C@H](NC(=O)C2C[C@H](NC(=O)OC(C)(C)C)[C@@H](NC(=O)OC(C)(C)C)C2)B2OC3CC4CC(C4(C)C)C3(C)O2)cccc1C(=O)OC(C)(C)C. The number of para-hydroxylation sites is 1. The maximum absolute atomic E-state index is 14.4. The summed E-state index contributed by atoms with van der Waals surface area (Å²) in [5, 5.41) is 8.98. The summed E-state index contributed by atoms with van der Waals surface area (Å²) in [5.74, 6) is -0.915. The fourth-order valence-corrected chi connectivity index (χ4v) is 8.79. The van der Waals surface area contributed by atoms with E-state index in [1.54, 1.807) is 74.4 Å². The Morgan fingerprint density at radius 3 is 1.89 bits per heavy atom. The van der Waals surface area contributed by atoms with E-state index >= 15 is 0 Å². The second-order valence-corrected chi connectivity index (χ2v) is 19.3. The number of carbonyl (C=O) groups is 4. The average Bonchev–Trinajstić information content (AvgIpc) is 3.57. The number of hydrogen-bond acceptors (Lipinski definition) is 10. The molecular weight excluding hydrogens is 693 g/mol. The number of nitrogens with one attached hydrogen (secondary N) is 3. The van der Waals surface area contributed by atoms with E-state index in [4.69, 9.17) is 28.3 Å². The van der Waals surface area contributed by atoms with Crippen molar-refractivity contribution < 1.29 is 47.4 Å². The van der Waals surface area contributed by atoms with Crippen LogP contribution >= 0.6 is 0 Å². The Labute approximate surface area is 321 Å². The Morgan fingerprint density at radius 2 is 1.39 bits per heavy atom. The summed E-state index contributed by atoms with van der Waals surface area (Å²) in [7, 11) is 0.712. The molecule has 0 radical (unpaired) electrons. The maximum Gasteiger partial charge on any atom is 0.482 e. The molecule has 3 amide bonds. The van der Waals surface area contributed by atoms with Crippen LogP contribution in [0.25, 0.3) is 0 Å². The molecule has 1 heterocycles. The van der Waals surface area contributed by atoms with E-state index in [2.05, 4.69) is 36.7 Å². The van der Waals surface area contributed by atoms with Crippen LogP contribution in [0.4, 0.5) is 9.59 Å². The first-order valence-electron chi connectivity index (χ1n) is 19.3. The van der Waals surface area contributed by atoms with Crippen LogP contribution in [0.2, 0.25) is 0 Å². The summed E-state index contributed by atoms with van der Waals surface area (Å²) < 4.78 is 36.1. The number of methoxy groups -OCH3 is 1. The molecule has 5 fully saturated rings. The van der Waals surface area contributed by atoms with Gasteiger partial charge in [-0.1, -0.05) is 26.0 Å². The molecule has 2 bridgehead atoms. The minimum atomic E-state index is -0.790. The predicted molar refractivity (Wildman–Crippen MR) is 203 cm³/mol. The van der Waals surface area contributed by atoms with Crippen LogP contribution < -0.4 is 20.7 Å². The molecule has 5 aliphatic rings. The van der Waals surface area contributed by atoms with Gasteiger partial charge in [0, 0.05) is 5.92 Å². The Morgan fingerprint density at radius 1 is 0.833 bits per heavy atom. The van der Waals surface area contributed by atoms with E-state index in [9.17, 15) is 19.2 Å². The molecule has 4 aliphatic carbocycles. The molecule has 4 saturated carbocycles. The summed E-state index contributed by atoms with van der Waals surface area (Å²) >= 11 is 0. The van der Waals surface area contributed by atoms with Gasteiger partial charge in [-0.25, -0.2) is 14.4 Å². The van der Waals surface area contributed by atoms with Crippen molar-refractivity contribution in [3.63, 3.8) is 0 Å². The second-order valence-electron chi connectivity index (χ2n) is 19.3. The Kier molecular flexibility index (Phi) is 11.5. The van der Waals surface area contributed by atoms with Crippen LogP contribution in [-0.4, -0.2) is 84.8 Å². The first kappa shape index (κ1) is 41.6. The zero-order valence-electron chi connectivity index (χ0n) is 34.5. The molecule has 14 heteroatoms. The zero-order valence-corrected chi connectivity index (χ0v) is 34.5. The number of ether oxygens (including phenoxy) is 4. The first-order chi connectivity index (χ1) is 24.8. The van der Waals surface area contributed by atoms with Crippen molar-refractivity contribution in [2.24, 2.45) is 23.2 Å². The van der Waals surface area contributed by atoms with Crippen molar-refractivity contribution in [2.75, 3.05) is 7.11 Å². The van der Waals surface area contributed by atoms with E-state index in [0.717, 1.165) is 12.8 Å². The third kappa shape index (κ3) is 9.29. The molecule has 13 nitrogen and oxygen atoms in total. The van der Waals surface area contributed by atoms with Gasteiger partial charge in [-0.3, -0.25) is 4.79 Å². The molecule has 3 N–H and O–H groups in total. The smallest absolute Gasteiger partial charge is 0.482 e. The molecule has 4 unspecified atom stereocenters. The van der Waals surface area contributed by atoms with Gasteiger partial charge in [0.05, 0.1) is 36.8 Å². The third-order valence-electron chi connectivity index (χ3n) is 11.3. The average molecular weight is 756 g/mol. The number of alkyl carbamates (subject to hydrolysis) is 2. The van der Waals surface area contributed by atoms with Crippen molar-refractivity contribution in [3.8, 4) is 5.75 Å². The standard InChI is InChI=1S/C40H62BN3O10/c1-36(2,3)50-33(46)25-16-14-15-22(31(25)49-13)19-30(41-53-29-21-24-20-28(39(24,10)11)40(29,12)54-41)44-32(45)23-17-26(42-34(47)51-37(4,5)6)27(18-23)43-35(48)52-38(7,8)9/h14-16,23-24,26-30H,17-21H2,1-13H3,(H,42,47)(H,43,48)(H,44,45)/t24?,26-,27-,28?,29?,30-,40?/m0/s1. The molecule has 1 aromatic carbocycles. The van der Waals surface area contributed by atoms with E-state index in [1.807, 2.05) is 6.07 Å². The fraction of sp³-hybridized carbons (Fsp3) is 0.750. The van der Waals surface area contributed by atoms with Gasteiger partial charge in [-0.05, 0) is 130 Å². The van der Waals surface area contributed by atoms with Gasteiger partial charge in [0.15, 0.2) is 0 Å². The maximum atomic E-state index is 14.4.